The van der Waals surface area contributed by atoms with Gasteiger partial charge in [0.1, 0.15) is 11.3 Å². The third-order valence-electron chi connectivity index (χ3n) is 6.00. The summed E-state index contributed by atoms with van der Waals surface area (Å²) >= 11 is 0. The third-order valence-corrected chi connectivity index (χ3v) is 6.00. The third kappa shape index (κ3) is 3.01. The molecule has 1 aliphatic rings. The minimum absolute atomic E-state index is 0.00722. The Morgan fingerprint density at radius 1 is 1.29 bits per heavy atom. The number of halogens is 2. The van der Waals surface area contributed by atoms with Crippen LogP contribution in [0.5, 0.6) is 0 Å². The Labute approximate surface area is 176 Å². The fraction of sp³-hybridized carbons (Fsp3) is 0.304. The average Bonchev–Trinajstić information content (AvgIpc) is 3.45. The highest BCUT2D eigenvalue weighted by atomic mass is 19.1. The lowest BCUT2D eigenvalue weighted by atomic mass is 9.89. The summed E-state index contributed by atoms with van der Waals surface area (Å²) in [6.45, 7) is 4.21. The Kier molecular flexibility index (Phi) is 4.55. The molecule has 2 atom stereocenters. The quantitative estimate of drug-likeness (QED) is 0.489. The average molecular weight is 425 g/mol. The van der Waals surface area contributed by atoms with Crippen LogP contribution in [0, 0.1) is 11.6 Å². The second-order valence-corrected chi connectivity index (χ2v) is 8.28. The summed E-state index contributed by atoms with van der Waals surface area (Å²) in [7, 11) is 0. The number of aromatic nitrogens is 3. The first-order valence-corrected chi connectivity index (χ1v) is 10.2. The lowest BCUT2D eigenvalue weighted by molar-refractivity contribution is -0.147. The van der Waals surface area contributed by atoms with Crippen molar-refractivity contribution in [2.24, 2.45) is 0 Å². The second kappa shape index (κ2) is 7.16. The predicted molar refractivity (Wildman–Crippen MR) is 112 cm³/mol. The molecule has 3 heterocycles. The van der Waals surface area contributed by atoms with Crippen LogP contribution >= 0.6 is 0 Å². The van der Waals surface area contributed by atoms with Gasteiger partial charge in [-0.1, -0.05) is 13.8 Å². The van der Waals surface area contributed by atoms with Crippen molar-refractivity contribution in [3.05, 3.63) is 59.4 Å². The fourth-order valence-electron chi connectivity index (χ4n) is 4.70. The molecule has 0 amide bonds. The van der Waals surface area contributed by atoms with Gasteiger partial charge in [-0.3, -0.25) is 5.10 Å². The Morgan fingerprint density at radius 3 is 2.68 bits per heavy atom. The van der Waals surface area contributed by atoms with Crippen molar-refractivity contribution in [2.45, 2.75) is 38.2 Å². The number of nitrogens with zero attached hydrogens (tertiary/aromatic N) is 2. The number of ether oxygens (including phenoxy) is 1. The molecule has 5 rings (SSSR count). The van der Waals surface area contributed by atoms with E-state index in [1.807, 2.05) is 24.5 Å². The van der Waals surface area contributed by atoms with Crippen LogP contribution in [0.2, 0.25) is 0 Å². The van der Waals surface area contributed by atoms with Gasteiger partial charge in [0.15, 0.2) is 11.9 Å². The van der Waals surface area contributed by atoms with Gasteiger partial charge in [0, 0.05) is 28.1 Å². The Balaban J connectivity index is 1.87. The molecule has 8 heteroatoms. The zero-order valence-corrected chi connectivity index (χ0v) is 17.0. The number of hydrogen-bond acceptors (Lipinski definition) is 3. The number of carboxylic acids is 1. The van der Waals surface area contributed by atoms with Crippen LogP contribution in [0.15, 0.2) is 36.5 Å². The van der Waals surface area contributed by atoms with Crippen molar-refractivity contribution in [3.8, 4) is 5.69 Å². The van der Waals surface area contributed by atoms with E-state index >= 15 is 4.39 Å². The van der Waals surface area contributed by atoms with E-state index in [9.17, 15) is 14.3 Å². The number of fused-ring (bicyclic) bond motifs is 2. The Bertz CT molecular complexity index is 1310. The largest absolute Gasteiger partial charge is 0.479 e. The summed E-state index contributed by atoms with van der Waals surface area (Å²) in [6.07, 6.45) is 0.902. The number of aliphatic carboxylic acids is 1. The minimum Gasteiger partial charge on any atom is -0.479 e. The molecule has 0 bridgehead atoms. The lowest BCUT2D eigenvalue weighted by Gasteiger charge is -2.18. The van der Waals surface area contributed by atoms with Gasteiger partial charge in [-0.15, -0.1) is 0 Å². The van der Waals surface area contributed by atoms with Crippen molar-refractivity contribution >= 4 is 27.8 Å². The van der Waals surface area contributed by atoms with Crippen LogP contribution in [0.1, 0.15) is 43.4 Å². The number of H-pyrrole nitrogens is 1. The smallest absolute Gasteiger partial charge is 0.332 e. The summed E-state index contributed by atoms with van der Waals surface area (Å²) in [6, 6.07) is 7.92. The zero-order chi connectivity index (χ0) is 21.9. The molecule has 0 radical (unpaired) electrons. The van der Waals surface area contributed by atoms with Crippen molar-refractivity contribution in [3.63, 3.8) is 0 Å². The number of aromatic amines is 1. The summed E-state index contributed by atoms with van der Waals surface area (Å²) in [5.74, 6) is -2.10. The van der Waals surface area contributed by atoms with E-state index in [1.165, 1.54) is 12.1 Å². The normalized spacial score (nSPS) is 19.1. The summed E-state index contributed by atoms with van der Waals surface area (Å²) < 4.78 is 36.9. The molecule has 31 heavy (non-hydrogen) atoms. The monoisotopic (exact) mass is 425 g/mol. The number of carboxylic acid groups (broad SMARTS) is 1. The van der Waals surface area contributed by atoms with Gasteiger partial charge in [-0.25, -0.2) is 13.6 Å². The van der Waals surface area contributed by atoms with Crippen molar-refractivity contribution < 1.29 is 23.4 Å². The van der Waals surface area contributed by atoms with Crippen molar-refractivity contribution in [2.75, 3.05) is 6.61 Å². The van der Waals surface area contributed by atoms with E-state index in [4.69, 9.17) is 4.74 Å². The first kappa shape index (κ1) is 19.7. The molecule has 160 valence electrons. The molecule has 1 fully saturated rings. The first-order valence-electron chi connectivity index (χ1n) is 10.2. The van der Waals surface area contributed by atoms with E-state index in [2.05, 4.69) is 10.2 Å². The summed E-state index contributed by atoms with van der Waals surface area (Å²) in [5.41, 5.74) is 3.25. The molecule has 2 aromatic heterocycles. The molecular weight excluding hydrogens is 404 g/mol. The minimum atomic E-state index is -1.02. The molecule has 2 aromatic carbocycles. The Hall–Kier alpha value is -3.26. The van der Waals surface area contributed by atoms with Gasteiger partial charge < -0.3 is 14.4 Å². The maximum Gasteiger partial charge on any atom is 0.332 e. The fourth-order valence-corrected chi connectivity index (χ4v) is 4.70. The molecule has 1 aliphatic heterocycles. The standard InChI is InChI=1S/C23H21F2N3O3/c1-11(2)22-18(13-8-17(23(29)30)31-10-13)19-16(7-12-9-26-27-21(12)20(19)25)28(22)15-5-3-14(24)4-6-15/h3-7,9,11,13,17H,8,10H2,1-2H3,(H,26,27)(H,29,30)/t13?,17-/m0/s1. The van der Waals surface area contributed by atoms with Gasteiger partial charge >= 0.3 is 5.97 Å². The number of benzene rings is 2. The van der Waals surface area contributed by atoms with Gasteiger partial charge in [0.2, 0.25) is 0 Å². The van der Waals surface area contributed by atoms with E-state index in [-0.39, 0.29) is 30.7 Å². The van der Waals surface area contributed by atoms with Gasteiger partial charge in [0.05, 0.1) is 18.3 Å². The highest BCUT2D eigenvalue weighted by Gasteiger charge is 2.37. The van der Waals surface area contributed by atoms with Crippen LogP contribution in [0.4, 0.5) is 8.78 Å². The zero-order valence-electron chi connectivity index (χ0n) is 17.0. The van der Waals surface area contributed by atoms with E-state index in [1.54, 1.807) is 18.3 Å². The number of nitrogens with one attached hydrogen (secondary N) is 1. The molecule has 6 nitrogen and oxygen atoms in total. The molecular formula is C23H21F2N3O3. The number of rotatable bonds is 4. The van der Waals surface area contributed by atoms with Crippen molar-refractivity contribution in [1.29, 1.82) is 0 Å². The SMILES string of the molecule is CC(C)c1c(C2CO[C@H](C(=O)O)C2)c2c(F)c3[nH]ncc3cc2n1-c1ccc(F)cc1. The Morgan fingerprint density at radius 2 is 2.03 bits per heavy atom. The van der Waals surface area contributed by atoms with E-state index in [0.29, 0.717) is 27.5 Å². The molecule has 2 N–H and O–H groups in total. The summed E-state index contributed by atoms with van der Waals surface area (Å²) in [4.78, 5) is 11.5. The molecule has 1 unspecified atom stereocenters. The van der Waals surface area contributed by atoms with Crippen LogP contribution in [0.25, 0.3) is 27.5 Å². The first-order chi connectivity index (χ1) is 14.9. The molecule has 0 spiro atoms. The lowest BCUT2D eigenvalue weighted by Crippen LogP contribution is -2.18. The van der Waals surface area contributed by atoms with Crippen LogP contribution in [-0.4, -0.2) is 38.6 Å². The maximum atomic E-state index is 15.8. The molecule has 0 saturated carbocycles. The van der Waals surface area contributed by atoms with E-state index in [0.717, 1.165) is 11.3 Å². The van der Waals surface area contributed by atoms with Crippen LogP contribution in [0.3, 0.4) is 0 Å². The summed E-state index contributed by atoms with van der Waals surface area (Å²) in [5, 5.41) is 17.1. The predicted octanol–water partition coefficient (Wildman–Crippen LogP) is 4.87. The molecule has 1 saturated heterocycles. The second-order valence-electron chi connectivity index (χ2n) is 8.28. The molecule has 0 aliphatic carbocycles. The van der Waals surface area contributed by atoms with Gasteiger partial charge in [-0.2, -0.15) is 5.10 Å². The van der Waals surface area contributed by atoms with Crippen LogP contribution in [-0.2, 0) is 9.53 Å². The van der Waals surface area contributed by atoms with Crippen LogP contribution < -0.4 is 0 Å². The van der Waals surface area contributed by atoms with E-state index < -0.39 is 17.9 Å². The van der Waals surface area contributed by atoms with Crippen molar-refractivity contribution in [1.82, 2.24) is 14.8 Å². The number of hydrogen-bond donors (Lipinski definition) is 2. The highest BCUT2D eigenvalue weighted by Crippen LogP contribution is 2.44. The molecule has 4 aromatic rings. The maximum absolute atomic E-state index is 15.8. The van der Waals surface area contributed by atoms with Gasteiger partial charge in [0.25, 0.3) is 0 Å². The topological polar surface area (TPSA) is 80.1 Å². The number of carbonyl (C=O) groups is 1. The highest BCUT2D eigenvalue weighted by molar-refractivity contribution is 6.00. The van der Waals surface area contributed by atoms with Gasteiger partial charge in [-0.05, 0) is 48.2 Å².